The number of hydrogen-bond acceptors (Lipinski definition) is 3. The van der Waals surface area contributed by atoms with Crippen LogP contribution in [0, 0.1) is 6.92 Å². The topological polar surface area (TPSA) is 46.9 Å². The second-order valence-electron chi connectivity index (χ2n) is 4.64. The van der Waals surface area contributed by atoms with Crippen molar-refractivity contribution in [3.8, 4) is 0 Å². The van der Waals surface area contributed by atoms with E-state index in [2.05, 4.69) is 17.2 Å². The van der Waals surface area contributed by atoms with E-state index in [0.29, 0.717) is 0 Å². The van der Waals surface area contributed by atoms with E-state index < -0.39 is 0 Å². The third-order valence-electron chi connectivity index (χ3n) is 3.12. The number of carbonyl (C=O) groups is 1. The number of imidazole rings is 1. The van der Waals surface area contributed by atoms with Crippen molar-refractivity contribution < 1.29 is 4.79 Å². The van der Waals surface area contributed by atoms with Gasteiger partial charge in [-0.05, 0) is 30.4 Å². The highest BCUT2D eigenvalue weighted by atomic mass is 32.1. The van der Waals surface area contributed by atoms with E-state index in [9.17, 15) is 4.79 Å². The Morgan fingerprint density at radius 1 is 1.58 bits per heavy atom. The third kappa shape index (κ3) is 3.04. The van der Waals surface area contributed by atoms with Crippen molar-refractivity contribution in [2.75, 3.05) is 0 Å². The molecular formula is C14H19N3OS. The minimum absolute atomic E-state index is 0.00560. The van der Waals surface area contributed by atoms with Gasteiger partial charge in [-0.15, -0.1) is 11.3 Å². The van der Waals surface area contributed by atoms with Gasteiger partial charge in [-0.1, -0.05) is 13.3 Å². The Hall–Kier alpha value is -1.62. The third-order valence-corrected chi connectivity index (χ3v) is 4.14. The lowest BCUT2D eigenvalue weighted by molar-refractivity contribution is 0.0935. The average molecular weight is 277 g/mol. The zero-order valence-corrected chi connectivity index (χ0v) is 12.3. The molecule has 0 spiro atoms. The molecule has 0 saturated heterocycles. The lowest BCUT2D eigenvalue weighted by Crippen LogP contribution is -2.30. The van der Waals surface area contributed by atoms with Crippen LogP contribution in [0.2, 0.25) is 0 Å². The Morgan fingerprint density at radius 3 is 2.89 bits per heavy atom. The van der Waals surface area contributed by atoms with Crippen LogP contribution >= 0.6 is 11.3 Å². The van der Waals surface area contributed by atoms with Crippen LogP contribution in [0.5, 0.6) is 0 Å². The van der Waals surface area contributed by atoms with Crippen LogP contribution in [0.3, 0.4) is 0 Å². The fraction of sp³-hybridized carbons (Fsp3) is 0.429. The van der Waals surface area contributed by atoms with Gasteiger partial charge in [0.25, 0.3) is 5.91 Å². The maximum absolute atomic E-state index is 12.3. The molecule has 0 bridgehead atoms. The van der Waals surface area contributed by atoms with Crippen molar-refractivity contribution in [3.63, 3.8) is 0 Å². The minimum Gasteiger partial charge on any atom is -0.341 e. The maximum atomic E-state index is 12.3. The Balaban J connectivity index is 2.16. The zero-order valence-electron chi connectivity index (χ0n) is 11.5. The Bertz CT molecular complexity index is 559. The average Bonchev–Trinajstić information content (AvgIpc) is 2.97. The van der Waals surface area contributed by atoms with E-state index >= 15 is 0 Å². The van der Waals surface area contributed by atoms with E-state index in [-0.39, 0.29) is 11.9 Å². The first-order chi connectivity index (χ1) is 9.13. The molecule has 0 aromatic carbocycles. The fourth-order valence-corrected chi connectivity index (χ4v) is 2.92. The number of rotatable bonds is 5. The van der Waals surface area contributed by atoms with Crippen LogP contribution in [0.1, 0.15) is 46.9 Å². The predicted octanol–water partition coefficient (Wildman–Crippen LogP) is 3.06. The lowest BCUT2D eigenvalue weighted by atomic mass is 10.1. The van der Waals surface area contributed by atoms with Crippen LogP contribution in [0.4, 0.5) is 0 Å². The summed E-state index contributed by atoms with van der Waals surface area (Å²) in [6, 6.07) is 1.94. The lowest BCUT2D eigenvalue weighted by Gasteiger charge is -2.17. The van der Waals surface area contributed by atoms with E-state index in [1.54, 1.807) is 6.20 Å². The molecule has 0 aliphatic heterocycles. The monoisotopic (exact) mass is 277 g/mol. The molecular weight excluding hydrogens is 258 g/mol. The summed E-state index contributed by atoms with van der Waals surface area (Å²) in [6.45, 7) is 4.07. The Labute approximate surface area is 117 Å². The summed E-state index contributed by atoms with van der Waals surface area (Å²) in [6.07, 6.45) is 5.56. The minimum atomic E-state index is -0.0287. The summed E-state index contributed by atoms with van der Waals surface area (Å²) in [5.41, 5.74) is 1.03. The Kier molecular flexibility index (Phi) is 4.37. The molecule has 19 heavy (non-hydrogen) atoms. The van der Waals surface area contributed by atoms with Gasteiger partial charge in [-0.2, -0.15) is 0 Å². The van der Waals surface area contributed by atoms with E-state index in [1.165, 1.54) is 11.3 Å². The van der Waals surface area contributed by atoms with Crippen molar-refractivity contribution >= 4 is 17.2 Å². The molecule has 2 aromatic rings. The van der Waals surface area contributed by atoms with Gasteiger partial charge in [0.1, 0.15) is 5.82 Å². The number of aromatic nitrogens is 2. The second-order valence-corrected chi connectivity index (χ2v) is 5.56. The van der Waals surface area contributed by atoms with Crippen molar-refractivity contribution in [2.45, 2.75) is 32.7 Å². The molecule has 4 nitrogen and oxygen atoms in total. The summed E-state index contributed by atoms with van der Waals surface area (Å²) < 4.78 is 1.96. The molecule has 0 saturated carbocycles. The molecule has 0 radical (unpaired) electrons. The van der Waals surface area contributed by atoms with Gasteiger partial charge in [0.05, 0.1) is 10.9 Å². The molecule has 2 aromatic heterocycles. The first kappa shape index (κ1) is 13.8. The molecule has 1 N–H and O–H groups in total. The van der Waals surface area contributed by atoms with Crippen LogP contribution in [0.15, 0.2) is 23.8 Å². The smallest absolute Gasteiger partial charge is 0.262 e. The summed E-state index contributed by atoms with van der Waals surface area (Å²) in [4.78, 5) is 17.4. The van der Waals surface area contributed by atoms with Gasteiger partial charge in [0.2, 0.25) is 0 Å². The molecule has 1 amide bonds. The number of amides is 1. The molecule has 102 valence electrons. The van der Waals surface area contributed by atoms with Crippen LogP contribution in [-0.4, -0.2) is 15.5 Å². The van der Waals surface area contributed by atoms with E-state index in [0.717, 1.165) is 29.1 Å². The summed E-state index contributed by atoms with van der Waals surface area (Å²) in [7, 11) is 1.95. The van der Waals surface area contributed by atoms with Crippen molar-refractivity contribution in [3.05, 3.63) is 40.1 Å². The maximum Gasteiger partial charge on any atom is 0.262 e. The van der Waals surface area contributed by atoms with E-state index in [1.807, 2.05) is 36.2 Å². The largest absolute Gasteiger partial charge is 0.341 e. The molecule has 2 heterocycles. The molecule has 1 atom stereocenters. The first-order valence-corrected chi connectivity index (χ1v) is 7.33. The van der Waals surface area contributed by atoms with E-state index in [4.69, 9.17) is 0 Å². The van der Waals surface area contributed by atoms with Gasteiger partial charge in [-0.3, -0.25) is 4.79 Å². The molecule has 1 unspecified atom stereocenters. The predicted molar refractivity (Wildman–Crippen MR) is 77.4 cm³/mol. The normalized spacial score (nSPS) is 12.4. The highest BCUT2D eigenvalue weighted by molar-refractivity contribution is 7.12. The number of aryl methyl sites for hydroxylation is 2. The van der Waals surface area contributed by atoms with Gasteiger partial charge in [0, 0.05) is 19.4 Å². The molecule has 0 aliphatic carbocycles. The van der Waals surface area contributed by atoms with Gasteiger partial charge in [0.15, 0.2) is 0 Å². The Morgan fingerprint density at radius 2 is 2.37 bits per heavy atom. The summed E-state index contributed by atoms with van der Waals surface area (Å²) in [5, 5.41) is 5.04. The van der Waals surface area contributed by atoms with Crippen LogP contribution in [-0.2, 0) is 7.05 Å². The van der Waals surface area contributed by atoms with Crippen molar-refractivity contribution in [2.24, 2.45) is 7.05 Å². The zero-order chi connectivity index (χ0) is 13.8. The molecule has 0 aliphatic rings. The van der Waals surface area contributed by atoms with Crippen LogP contribution in [0.25, 0.3) is 0 Å². The SMILES string of the molecule is CCCC(NC(=O)c1sccc1C)c1nccn1C. The number of nitrogens with zero attached hydrogens (tertiary/aromatic N) is 2. The number of carbonyl (C=O) groups excluding carboxylic acids is 1. The van der Waals surface area contributed by atoms with Gasteiger partial charge >= 0.3 is 0 Å². The number of thiophene rings is 1. The van der Waals surface area contributed by atoms with Crippen LogP contribution < -0.4 is 5.32 Å². The quantitative estimate of drug-likeness (QED) is 0.913. The van der Waals surface area contributed by atoms with Gasteiger partial charge < -0.3 is 9.88 Å². The number of nitrogens with one attached hydrogen (secondary N) is 1. The molecule has 2 rings (SSSR count). The highest BCUT2D eigenvalue weighted by Crippen LogP contribution is 2.20. The molecule has 5 heteroatoms. The summed E-state index contributed by atoms with van der Waals surface area (Å²) >= 11 is 1.48. The molecule has 0 fully saturated rings. The van der Waals surface area contributed by atoms with Crippen molar-refractivity contribution in [1.29, 1.82) is 0 Å². The first-order valence-electron chi connectivity index (χ1n) is 6.45. The van der Waals surface area contributed by atoms with Crippen molar-refractivity contribution in [1.82, 2.24) is 14.9 Å². The fourth-order valence-electron chi connectivity index (χ4n) is 2.10. The second kappa shape index (κ2) is 6.02. The van der Waals surface area contributed by atoms with Gasteiger partial charge in [-0.25, -0.2) is 4.98 Å². The standard InChI is InChI=1S/C14H19N3OS/c1-4-5-11(13-15-7-8-17(13)3)16-14(18)12-10(2)6-9-19-12/h6-9,11H,4-5H2,1-3H3,(H,16,18). The highest BCUT2D eigenvalue weighted by Gasteiger charge is 2.19. The summed E-state index contributed by atoms with van der Waals surface area (Å²) in [5.74, 6) is 0.901. The number of hydrogen-bond donors (Lipinski definition) is 1.